The molecule has 0 spiro atoms. The van der Waals surface area contributed by atoms with Crippen LogP contribution in [0.4, 0.5) is 5.82 Å². The van der Waals surface area contributed by atoms with Gasteiger partial charge in [-0.3, -0.25) is 4.79 Å². The molecule has 0 bridgehead atoms. The highest BCUT2D eigenvalue weighted by atomic mass is 16.1. The Balaban J connectivity index is 2.72. The van der Waals surface area contributed by atoms with Crippen LogP contribution < -0.4 is 11.1 Å². The van der Waals surface area contributed by atoms with E-state index in [-0.39, 0.29) is 5.91 Å². The third kappa shape index (κ3) is 2.74. The maximum absolute atomic E-state index is 10.6. The van der Waals surface area contributed by atoms with Crippen LogP contribution >= 0.6 is 0 Å². The Morgan fingerprint density at radius 2 is 2.31 bits per heavy atom. The number of carbonyl (C=O) groups is 1. The number of nitrogen functional groups attached to an aromatic ring is 1. The minimum Gasteiger partial charge on any atom is -0.384 e. The summed E-state index contributed by atoms with van der Waals surface area (Å²) in [5, 5.41) is 2.70. The molecular weight excluding hydrogens is 166 g/mol. The second-order valence-corrected chi connectivity index (χ2v) is 2.89. The zero-order valence-corrected chi connectivity index (χ0v) is 7.79. The lowest BCUT2D eigenvalue weighted by Crippen LogP contribution is -2.19. The zero-order valence-electron chi connectivity index (χ0n) is 7.79. The molecule has 0 aromatic carbocycles. The van der Waals surface area contributed by atoms with Crippen molar-refractivity contribution in [1.82, 2.24) is 10.3 Å². The lowest BCUT2D eigenvalue weighted by molar-refractivity contribution is -0.119. The molecule has 0 radical (unpaired) electrons. The predicted molar refractivity (Wildman–Crippen MR) is 50.9 cm³/mol. The van der Waals surface area contributed by atoms with Crippen molar-refractivity contribution in [1.29, 1.82) is 0 Å². The summed E-state index contributed by atoms with van der Waals surface area (Å²) in [5.41, 5.74) is 7.33. The van der Waals surface area contributed by atoms with Gasteiger partial charge in [-0.1, -0.05) is 6.07 Å². The van der Waals surface area contributed by atoms with Crippen LogP contribution in [0.15, 0.2) is 12.1 Å². The van der Waals surface area contributed by atoms with Gasteiger partial charge >= 0.3 is 0 Å². The predicted octanol–water partition coefficient (Wildman–Crippen LogP) is 0.608. The smallest absolute Gasteiger partial charge is 0.217 e. The van der Waals surface area contributed by atoms with Crippen LogP contribution in [-0.4, -0.2) is 10.9 Å². The number of pyridine rings is 1. The topological polar surface area (TPSA) is 68.0 Å². The van der Waals surface area contributed by atoms with Crippen LogP contribution in [0.1, 0.15) is 18.2 Å². The molecule has 0 unspecified atom stereocenters. The third-order valence-electron chi connectivity index (χ3n) is 1.74. The number of hydrogen-bond acceptors (Lipinski definition) is 3. The molecule has 0 aliphatic carbocycles. The Bertz CT molecular complexity index is 323. The van der Waals surface area contributed by atoms with E-state index in [1.54, 1.807) is 6.07 Å². The van der Waals surface area contributed by atoms with Crippen LogP contribution in [0.3, 0.4) is 0 Å². The standard InChI is InChI=1S/C9H13N3O/c1-6-8(5-11-7(2)13)3-4-9(10)12-6/h3-4H,5H2,1-2H3,(H2,10,12)(H,11,13). The highest BCUT2D eigenvalue weighted by Gasteiger charge is 2.00. The van der Waals surface area contributed by atoms with Crippen LogP contribution in [0.5, 0.6) is 0 Å². The second kappa shape index (κ2) is 3.89. The van der Waals surface area contributed by atoms with E-state index in [2.05, 4.69) is 10.3 Å². The van der Waals surface area contributed by atoms with E-state index < -0.39 is 0 Å². The average Bonchev–Trinajstić information content (AvgIpc) is 2.02. The molecule has 13 heavy (non-hydrogen) atoms. The molecule has 0 fully saturated rings. The molecule has 70 valence electrons. The van der Waals surface area contributed by atoms with E-state index in [9.17, 15) is 4.79 Å². The first-order chi connectivity index (χ1) is 6.09. The summed E-state index contributed by atoms with van der Waals surface area (Å²) in [6.07, 6.45) is 0. The summed E-state index contributed by atoms with van der Waals surface area (Å²) in [4.78, 5) is 14.7. The summed E-state index contributed by atoms with van der Waals surface area (Å²) >= 11 is 0. The van der Waals surface area contributed by atoms with Gasteiger partial charge in [0.1, 0.15) is 5.82 Å². The minimum atomic E-state index is -0.0452. The number of aromatic nitrogens is 1. The van der Waals surface area contributed by atoms with Crippen molar-refractivity contribution in [3.05, 3.63) is 23.4 Å². The first-order valence-electron chi connectivity index (χ1n) is 4.06. The molecule has 3 N–H and O–H groups in total. The van der Waals surface area contributed by atoms with Gasteiger partial charge in [-0.2, -0.15) is 0 Å². The molecular formula is C9H13N3O. The van der Waals surface area contributed by atoms with E-state index in [1.807, 2.05) is 13.0 Å². The fourth-order valence-electron chi connectivity index (χ4n) is 1.02. The second-order valence-electron chi connectivity index (χ2n) is 2.89. The first-order valence-corrected chi connectivity index (χ1v) is 4.06. The van der Waals surface area contributed by atoms with E-state index in [0.29, 0.717) is 12.4 Å². The molecule has 0 saturated heterocycles. The van der Waals surface area contributed by atoms with Gasteiger partial charge in [0.25, 0.3) is 0 Å². The number of nitrogens with one attached hydrogen (secondary N) is 1. The highest BCUT2D eigenvalue weighted by Crippen LogP contribution is 2.07. The molecule has 0 aliphatic heterocycles. The van der Waals surface area contributed by atoms with Crippen molar-refractivity contribution in [3.63, 3.8) is 0 Å². The molecule has 0 atom stereocenters. The monoisotopic (exact) mass is 179 g/mol. The van der Waals surface area contributed by atoms with Crippen molar-refractivity contribution in [2.24, 2.45) is 0 Å². The van der Waals surface area contributed by atoms with Gasteiger partial charge in [0.05, 0.1) is 0 Å². The Morgan fingerprint density at radius 3 is 2.85 bits per heavy atom. The Labute approximate surface area is 77.2 Å². The number of anilines is 1. The number of aryl methyl sites for hydroxylation is 1. The van der Waals surface area contributed by atoms with Gasteiger partial charge in [0.15, 0.2) is 0 Å². The summed E-state index contributed by atoms with van der Waals surface area (Å²) in [5.74, 6) is 0.459. The largest absolute Gasteiger partial charge is 0.384 e. The molecule has 4 heteroatoms. The number of rotatable bonds is 2. The zero-order chi connectivity index (χ0) is 9.84. The number of hydrogen-bond donors (Lipinski definition) is 2. The minimum absolute atomic E-state index is 0.0452. The third-order valence-corrected chi connectivity index (χ3v) is 1.74. The fourth-order valence-corrected chi connectivity index (χ4v) is 1.02. The van der Waals surface area contributed by atoms with Gasteiger partial charge in [0, 0.05) is 19.2 Å². The van der Waals surface area contributed by atoms with E-state index >= 15 is 0 Å². The maximum Gasteiger partial charge on any atom is 0.217 e. The lowest BCUT2D eigenvalue weighted by Gasteiger charge is -2.05. The van der Waals surface area contributed by atoms with Crippen molar-refractivity contribution < 1.29 is 4.79 Å². The van der Waals surface area contributed by atoms with E-state index in [4.69, 9.17) is 5.73 Å². The molecule has 4 nitrogen and oxygen atoms in total. The Kier molecular flexibility index (Phi) is 2.84. The van der Waals surface area contributed by atoms with Gasteiger partial charge in [-0.05, 0) is 18.6 Å². The van der Waals surface area contributed by atoms with E-state index in [0.717, 1.165) is 11.3 Å². The van der Waals surface area contributed by atoms with Gasteiger partial charge < -0.3 is 11.1 Å². The van der Waals surface area contributed by atoms with Crippen LogP contribution in [0, 0.1) is 6.92 Å². The summed E-state index contributed by atoms with van der Waals surface area (Å²) in [6.45, 7) is 3.86. The van der Waals surface area contributed by atoms with Crippen LogP contribution in [0.25, 0.3) is 0 Å². The number of nitrogens with zero attached hydrogens (tertiary/aromatic N) is 1. The van der Waals surface area contributed by atoms with Crippen LogP contribution in [0.2, 0.25) is 0 Å². The Morgan fingerprint density at radius 1 is 1.62 bits per heavy atom. The lowest BCUT2D eigenvalue weighted by atomic mass is 10.2. The molecule has 1 aromatic rings. The SMILES string of the molecule is CC(=O)NCc1ccc(N)nc1C. The highest BCUT2D eigenvalue weighted by molar-refractivity contribution is 5.72. The molecule has 1 aromatic heterocycles. The fraction of sp³-hybridized carbons (Fsp3) is 0.333. The van der Waals surface area contributed by atoms with Crippen LogP contribution in [-0.2, 0) is 11.3 Å². The molecule has 0 saturated carbocycles. The first kappa shape index (κ1) is 9.51. The van der Waals surface area contributed by atoms with E-state index in [1.165, 1.54) is 6.92 Å². The van der Waals surface area contributed by atoms with Gasteiger partial charge in [0.2, 0.25) is 5.91 Å². The maximum atomic E-state index is 10.6. The van der Waals surface area contributed by atoms with Gasteiger partial charge in [-0.15, -0.1) is 0 Å². The summed E-state index contributed by atoms with van der Waals surface area (Å²) in [7, 11) is 0. The van der Waals surface area contributed by atoms with Crippen molar-refractivity contribution in [2.75, 3.05) is 5.73 Å². The van der Waals surface area contributed by atoms with Crippen molar-refractivity contribution in [2.45, 2.75) is 20.4 Å². The number of carbonyl (C=O) groups excluding carboxylic acids is 1. The average molecular weight is 179 g/mol. The molecule has 0 aliphatic rings. The summed E-state index contributed by atoms with van der Waals surface area (Å²) < 4.78 is 0. The van der Waals surface area contributed by atoms with Crippen molar-refractivity contribution in [3.8, 4) is 0 Å². The van der Waals surface area contributed by atoms with Crippen molar-refractivity contribution >= 4 is 11.7 Å². The molecule has 1 rings (SSSR count). The normalized spacial score (nSPS) is 9.69. The number of amides is 1. The quantitative estimate of drug-likeness (QED) is 0.698. The van der Waals surface area contributed by atoms with Gasteiger partial charge in [-0.25, -0.2) is 4.98 Å². The number of nitrogens with two attached hydrogens (primary N) is 1. The summed E-state index contributed by atoms with van der Waals surface area (Å²) in [6, 6.07) is 3.59. The molecule has 1 amide bonds. The Hall–Kier alpha value is -1.58. The molecule has 1 heterocycles.